The molecule has 1 aromatic rings. The smallest absolute Gasteiger partial charge is 0.154 e. The second-order valence-corrected chi connectivity index (χ2v) is 5.65. The van der Waals surface area contributed by atoms with Gasteiger partial charge in [-0.1, -0.05) is 19.1 Å². The molecule has 0 spiro atoms. The molecule has 0 unspecified atom stereocenters. The van der Waals surface area contributed by atoms with Gasteiger partial charge in [-0.15, -0.1) is 0 Å². The van der Waals surface area contributed by atoms with E-state index in [1.54, 1.807) is 26.0 Å². The number of hydrogen-bond acceptors (Lipinski definition) is 3. The summed E-state index contributed by atoms with van der Waals surface area (Å²) >= 11 is 0. The Morgan fingerprint density at radius 2 is 2.00 bits per heavy atom. The zero-order valence-corrected chi connectivity index (χ0v) is 9.13. The molecule has 0 aliphatic rings. The molecule has 1 N–H and O–H groups in total. The molecule has 0 fully saturated rings. The third-order valence-corrected chi connectivity index (χ3v) is 3.74. The van der Waals surface area contributed by atoms with Gasteiger partial charge in [-0.3, -0.25) is 0 Å². The molecule has 0 atom stereocenters. The third kappa shape index (κ3) is 2.73. The number of phenols is 1. The van der Waals surface area contributed by atoms with Gasteiger partial charge in [-0.05, 0) is 24.1 Å². The predicted octanol–water partition coefficient (Wildman–Crippen LogP) is 1.64. The molecule has 0 aliphatic heterocycles. The molecule has 0 aliphatic carbocycles. The van der Waals surface area contributed by atoms with Gasteiger partial charge in [0.2, 0.25) is 0 Å². The number of hydrogen-bond donors (Lipinski definition) is 1. The molecule has 0 aromatic heterocycles. The maximum Gasteiger partial charge on any atom is 0.154 e. The Morgan fingerprint density at radius 3 is 2.50 bits per heavy atom. The van der Waals surface area contributed by atoms with Crippen LogP contribution < -0.4 is 0 Å². The highest BCUT2D eigenvalue weighted by molar-refractivity contribution is 7.90. The fourth-order valence-electron chi connectivity index (χ4n) is 1.16. The normalized spacial score (nSPS) is 11.6. The lowest BCUT2D eigenvalue weighted by Crippen LogP contribution is -2.06. The number of aryl methyl sites for hydroxylation is 1. The molecule has 1 aromatic carbocycles. The van der Waals surface area contributed by atoms with Crippen LogP contribution in [0.1, 0.15) is 18.1 Å². The fraction of sp³-hybridized carbons (Fsp3) is 0.400. The van der Waals surface area contributed by atoms with Crippen molar-refractivity contribution >= 4 is 9.84 Å². The minimum absolute atomic E-state index is 0.0462. The standard InChI is InChI=1S/C10H14O3S/c1-3-14(12,13)7-9-4-5-10(11)8(2)6-9/h4-6,11H,3,7H2,1-2H3. The predicted molar refractivity (Wildman–Crippen MR) is 56.0 cm³/mol. The van der Waals surface area contributed by atoms with Crippen LogP contribution in [0.3, 0.4) is 0 Å². The second kappa shape index (κ2) is 4.00. The zero-order chi connectivity index (χ0) is 10.8. The van der Waals surface area contributed by atoms with E-state index in [2.05, 4.69) is 0 Å². The largest absolute Gasteiger partial charge is 0.508 e. The third-order valence-electron chi connectivity index (χ3n) is 2.09. The molecule has 0 amide bonds. The number of rotatable bonds is 3. The van der Waals surface area contributed by atoms with Crippen LogP contribution in [0.5, 0.6) is 5.75 Å². The molecule has 0 heterocycles. The second-order valence-electron chi connectivity index (χ2n) is 3.30. The lowest BCUT2D eigenvalue weighted by Gasteiger charge is -2.04. The average Bonchev–Trinajstić information content (AvgIpc) is 2.11. The highest BCUT2D eigenvalue weighted by Crippen LogP contribution is 2.18. The summed E-state index contributed by atoms with van der Waals surface area (Å²) in [5, 5.41) is 9.25. The van der Waals surface area contributed by atoms with Gasteiger partial charge in [-0.2, -0.15) is 0 Å². The Labute approximate surface area is 84.3 Å². The maximum absolute atomic E-state index is 11.3. The van der Waals surface area contributed by atoms with Crippen molar-refractivity contribution in [3.8, 4) is 5.75 Å². The minimum Gasteiger partial charge on any atom is -0.508 e. The fourth-order valence-corrected chi connectivity index (χ4v) is 2.05. The minimum atomic E-state index is -2.98. The summed E-state index contributed by atoms with van der Waals surface area (Å²) < 4.78 is 22.6. The topological polar surface area (TPSA) is 54.4 Å². The number of phenolic OH excluding ortho intramolecular Hbond substituents is 1. The van der Waals surface area contributed by atoms with E-state index >= 15 is 0 Å². The first-order valence-corrected chi connectivity index (χ1v) is 6.25. The van der Waals surface area contributed by atoms with Crippen LogP contribution in [-0.4, -0.2) is 19.3 Å². The summed E-state index contributed by atoms with van der Waals surface area (Å²) in [6.45, 7) is 3.38. The van der Waals surface area contributed by atoms with Crippen molar-refractivity contribution in [1.29, 1.82) is 0 Å². The lowest BCUT2D eigenvalue weighted by atomic mass is 10.1. The van der Waals surface area contributed by atoms with Crippen molar-refractivity contribution in [1.82, 2.24) is 0 Å². The van der Waals surface area contributed by atoms with Gasteiger partial charge >= 0.3 is 0 Å². The van der Waals surface area contributed by atoms with Crippen LogP contribution in [0.4, 0.5) is 0 Å². The van der Waals surface area contributed by atoms with E-state index in [0.29, 0.717) is 5.56 Å². The van der Waals surface area contributed by atoms with E-state index in [0.717, 1.165) is 5.56 Å². The van der Waals surface area contributed by atoms with Crippen LogP contribution in [0, 0.1) is 6.92 Å². The number of sulfone groups is 1. The van der Waals surface area contributed by atoms with Crippen molar-refractivity contribution in [3.05, 3.63) is 29.3 Å². The molecule has 1 rings (SSSR count). The van der Waals surface area contributed by atoms with Crippen LogP contribution in [0.2, 0.25) is 0 Å². The van der Waals surface area contributed by atoms with Gasteiger partial charge in [0.25, 0.3) is 0 Å². The summed E-state index contributed by atoms with van der Waals surface area (Å²) in [4.78, 5) is 0. The van der Waals surface area contributed by atoms with Gasteiger partial charge in [0.15, 0.2) is 9.84 Å². The Morgan fingerprint density at radius 1 is 1.36 bits per heavy atom. The average molecular weight is 214 g/mol. The SMILES string of the molecule is CCS(=O)(=O)Cc1ccc(O)c(C)c1. The molecule has 0 bridgehead atoms. The molecular formula is C10H14O3S. The number of benzene rings is 1. The molecule has 78 valence electrons. The Bertz CT molecular complexity index is 421. The number of aromatic hydroxyl groups is 1. The molecule has 0 radical (unpaired) electrons. The van der Waals surface area contributed by atoms with Crippen molar-refractivity contribution in [2.75, 3.05) is 5.75 Å². The molecule has 4 heteroatoms. The molecule has 0 saturated heterocycles. The molecule has 3 nitrogen and oxygen atoms in total. The van der Waals surface area contributed by atoms with Gasteiger partial charge in [0.1, 0.15) is 5.75 Å². The van der Waals surface area contributed by atoms with E-state index in [9.17, 15) is 13.5 Å². The van der Waals surface area contributed by atoms with Crippen LogP contribution in [0.15, 0.2) is 18.2 Å². The monoisotopic (exact) mass is 214 g/mol. The van der Waals surface area contributed by atoms with Crippen molar-refractivity contribution in [3.63, 3.8) is 0 Å². The molecule has 14 heavy (non-hydrogen) atoms. The van der Waals surface area contributed by atoms with Gasteiger partial charge < -0.3 is 5.11 Å². The van der Waals surface area contributed by atoms with Crippen LogP contribution in [0.25, 0.3) is 0 Å². The van der Waals surface area contributed by atoms with E-state index in [1.165, 1.54) is 6.07 Å². The van der Waals surface area contributed by atoms with Crippen LogP contribution in [-0.2, 0) is 15.6 Å². The van der Waals surface area contributed by atoms with Gasteiger partial charge in [-0.25, -0.2) is 8.42 Å². The zero-order valence-electron chi connectivity index (χ0n) is 8.32. The first-order valence-electron chi connectivity index (χ1n) is 4.43. The first-order chi connectivity index (χ1) is 6.44. The van der Waals surface area contributed by atoms with Crippen molar-refractivity contribution in [2.45, 2.75) is 19.6 Å². The summed E-state index contributed by atoms with van der Waals surface area (Å²) in [6, 6.07) is 4.86. The Kier molecular flexibility index (Phi) is 3.16. The Hall–Kier alpha value is -1.03. The summed E-state index contributed by atoms with van der Waals surface area (Å²) in [5.74, 6) is 0.389. The first kappa shape index (κ1) is 11.0. The lowest BCUT2D eigenvalue weighted by molar-refractivity contribution is 0.471. The van der Waals surface area contributed by atoms with Gasteiger partial charge in [0, 0.05) is 5.75 Å². The van der Waals surface area contributed by atoms with Crippen molar-refractivity contribution < 1.29 is 13.5 Å². The van der Waals surface area contributed by atoms with Gasteiger partial charge in [0.05, 0.1) is 5.75 Å². The van der Waals surface area contributed by atoms with E-state index in [4.69, 9.17) is 0 Å². The quantitative estimate of drug-likeness (QED) is 0.832. The Balaban J connectivity index is 2.94. The summed E-state index contributed by atoms with van der Waals surface area (Å²) in [6.07, 6.45) is 0. The van der Waals surface area contributed by atoms with E-state index in [-0.39, 0.29) is 17.3 Å². The molecule has 0 saturated carbocycles. The highest BCUT2D eigenvalue weighted by Gasteiger charge is 2.09. The maximum atomic E-state index is 11.3. The van der Waals surface area contributed by atoms with E-state index in [1.807, 2.05) is 0 Å². The molecular weight excluding hydrogens is 200 g/mol. The highest BCUT2D eigenvalue weighted by atomic mass is 32.2. The summed E-state index contributed by atoms with van der Waals surface area (Å²) in [5.41, 5.74) is 1.43. The van der Waals surface area contributed by atoms with Crippen molar-refractivity contribution in [2.24, 2.45) is 0 Å². The van der Waals surface area contributed by atoms with E-state index < -0.39 is 9.84 Å². The van der Waals surface area contributed by atoms with Crippen LogP contribution >= 0.6 is 0 Å². The summed E-state index contributed by atoms with van der Waals surface area (Å²) in [7, 11) is -2.98.